The van der Waals surface area contributed by atoms with Crippen molar-refractivity contribution in [2.24, 2.45) is 11.7 Å². The minimum absolute atomic E-state index is 0.133. The SMILES string of the molecule is CCC(C)C(N)C(=O)N1CCSC(C)C1C. The van der Waals surface area contributed by atoms with E-state index in [0.717, 1.165) is 18.7 Å². The van der Waals surface area contributed by atoms with Gasteiger partial charge in [0.25, 0.3) is 0 Å². The molecule has 1 aliphatic rings. The van der Waals surface area contributed by atoms with Gasteiger partial charge in [0, 0.05) is 23.6 Å². The molecule has 4 heteroatoms. The van der Waals surface area contributed by atoms with Crippen molar-refractivity contribution >= 4 is 17.7 Å². The fourth-order valence-electron chi connectivity index (χ4n) is 1.93. The number of carbonyl (C=O) groups is 1. The predicted molar refractivity (Wildman–Crippen MR) is 70.5 cm³/mol. The second kappa shape index (κ2) is 5.92. The Hall–Kier alpha value is -0.220. The molecule has 1 rings (SSSR count). The molecule has 16 heavy (non-hydrogen) atoms. The Kier molecular flexibility index (Phi) is 5.12. The zero-order chi connectivity index (χ0) is 12.3. The molecule has 4 unspecified atom stereocenters. The van der Waals surface area contributed by atoms with Crippen LogP contribution in [0.3, 0.4) is 0 Å². The van der Waals surface area contributed by atoms with Crippen LogP contribution in [0.5, 0.6) is 0 Å². The van der Waals surface area contributed by atoms with Crippen molar-refractivity contribution in [3.63, 3.8) is 0 Å². The summed E-state index contributed by atoms with van der Waals surface area (Å²) in [6.45, 7) is 9.28. The molecule has 0 saturated carbocycles. The van der Waals surface area contributed by atoms with Crippen molar-refractivity contribution in [1.82, 2.24) is 4.90 Å². The lowest BCUT2D eigenvalue weighted by Crippen LogP contribution is -2.55. The largest absolute Gasteiger partial charge is 0.337 e. The lowest BCUT2D eigenvalue weighted by molar-refractivity contribution is -0.135. The molecule has 1 aliphatic heterocycles. The number of carbonyl (C=O) groups excluding carboxylic acids is 1. The molecule has 94 valence electrons. The van der Waals surface area contributed by atoms with E-state index in [-0.39, 0.29) is 17.9 Å². The first-order valence-corrected chi connectivity index (χ1v) is 7.21. The molecule has 0 aromatic carbocycles. The van der Waals surface area contributed by atoms with E-state index in [2.05, 4.69) is 27.7 Å². The molecule has 0 aliphatic carbocycles. The molecule has 0 radical (unpaired) electrons. The minimum atomic E-state index is -0.331. The van der Waals surface area contributed by atoms with Crippen LogP contribution in [-0.4, -0.2) is 40.4 Å². The summed E-state index contributed by atoms with van der Waals surface area (Å²) in [5, 5.41) is 0.516. The molecule has 0 aromatic rings. The Bertz CT molecular complexity index is 247. The average Bonchev–Trinajstić information content (AvgIpc) is 2.29. The van der Waals surface area contributed by atoms with Crippen molar-refractivity contribution in [3.8, 4) is 0 Å². The Morgan fingerprint density at radius 1 is 1.56 bits per heavy atom. The van der Waals surface area contributed by atoms with Crippen LogP contribution in [0, 0.1) is 5.92 Å². The molecular weight excluding hydrogens is 220 g/mol. The van der Waals surface area contributed by atoms with E-state index in [1.165, 1.54) is 0 Å². The van der Waals surface area contributed by atoms with Gasteiger partial charge in [-0.15, -0.1) is 0 Å². The van der Waals surface area contributed by atoms with Gasteiger partial charge in [0.05, 0.1) is 6.04 Å². The summed E-state index contributed by atoms with van der Waals surface area (Å²) in [6.07, 6.45) is 0.958. The minimum Gasteiger partial charge on any atom is -0.337 e. The van der Waals surface area contributed by atoms with Gasteiger partial charge < -0.3 is 10.6 Å². The van der Waals surface area contributed by atoms with Crippen molar-refractivity contribution < 1.29 is 4.79 Å². The lowest BCUT2D eigenvalue weighted by atomic mass is 9.98. The number of nitrogens with two attached hydrogens (primary N) is 1. The Balaban J connectivity index is 2.65. The summed E-state index contributed by atoms with van der Waals surface area (Å²) < 4.78 is 0. The zero-order valence-corrected chi connectivity index (χ0v) is 11.6. The highest BCUT2D eigenvalue weighted by molar-refractivity contribution is 8.00. The van der Waals surface area contributed by atoms with Gasteiger partial charge in [0.1, 0.15) is 0 Å². The molecule has 1 amide bonds. The molecule has 4 atom stereocenters. The van der Waals surface area contributed by atoms with Gasteiger partial charge in [-0.25, -0.2) is 0 Å². The first-order valence-electron chi connectivity index (χ1n) is 6.16. The zero-order valence-electron chi connectivity index (χ0n) is 10.8. The van der Waals surface area contributed by atoms with Crippen molar-refractivity contribution in [3.05, 3.63) is 0 Å². The molecule has 0 aromatic heterocycles. The Morgan fingerprint density at radius 2 is 2.19 bits per heavy atom. The van der Waals surface area contributed by atoms with Gasteiger partial charge in [-0.3, -0.25) is 4.79 Å². The van der Waals surface area contributed by atoms with Crippen molar-refractivity contribution in [2.75, 3.05) is 12.3 Å². The third kappa shape index (κ3) is 2.92. The van der Waals surface area contributed by atoms with Gasteiger partial charge in [0.2, 0.25) is 5.91 Å². The summed E-state index contributed by atoms with van der Waals surface area (Å²) in [7, 11) is 0. The van der Waals surface area contributed by atoms with E-state index >= 15 is 0 Å². The van der Waals surface area contributed by atoms with Crippen LogP contribution in [0.2, 0.25) is 0 Å². The lowest BCUT2D eigenvalue weighted by Gasteiger charge is -2.39. The van der Waals surface area contributed by atoms with Gasteiger partial charge in [0.15, 0.2) is 0 Å². The molecule has 1 fully saturated rings. The maximum atomic E-state index is 12.2. The van der Waals surface area contributed by atoms with Crippen LogP contribution in [0.1, 0.15) is 34.1 Å². The molecule has 2 N–H and O–H groups in total. The quantitative estimate of drug-likeness (QED) is 0.822. The highest BCUT2D eigenvalue weighted by Gasteiger charge is 2.32. The molecule has 3 nitrogen and oxygen atoms in total. The van der Waals surface area contributed by atoms with E-state index in [1.54, 1.807) is 0 Å². The fraction of sp³-hybridized carbons (Fsp3) is 0.917. The van der Waals surface area contributed by atoms with Gasteiger partial charge in [-0.05, 0) is 12.8 Å². The maximum Gasteiger partial charge on any atom is 0.240 e. The average molecular weight is 244 g/mol. The Morgan fingerprint density at radius 3 is 2.75 bits per heavy atom. The summed E-state index contributed by atoms with van der Waals surface area (Å²) in [6, 6.07) is -0.0240. The monoisotopic (exact) mass is 244 g/mol. The van der Waals surface area contributed by atoms with Crippen molar-refractivity contribution in [2.45, 2.75) is 51.4 Å². The fourth-order valence-corrected chi connectivity index (χ4v) is 3.03. The Labute approximate surface area is 103 Å². The molecule has 1 saturated heterocycles. The summed E-state index contributed by atoms with van der Waals surface area (Å²) in [5.74, 6) is 1.43. The van der Waals surface area contributed by atoms with E-state index in [1.807, 2.05) is 16.7 Å². The topological polar surface area (TPSA) is 46.3 Å². The molecular formula is C12H24N2OS. The third-order valence-electron chi connectivity index (χ3n) is 3.71. The van der Waals surface area contributed by atoms with E-state index < -0.39 is 0 Å². The molecule has 0 spiro atoms. The second-order valence-electron chi connectivity index (χ2n) is 4.76. The van der Waals surface area contributed by atoms with Crippen LogP contribution < -0.4 is 5.73 Å². The number of thioether (sulfide) groups is 1. The summed E-state index contributed by atoms with van der Waals surface area (Å²) in [4.78, 5) is 14.2. The second-order valence-corrected chi connectivity index (χ2v) is 6.24. The highest BCUT2D eigenvalue weighted by Crippen LogP contribution is 2.25. The first kappa shape index (κ1) is 13.8. The number of hydrogen-bond donors (Lipinski definition) is 1. The third-order valence-corrected chi connectivity index (χ3v) is 5.05. The predicted octanol–water partition coefficient (Wildman–Crippen LogP) is 1.71. The normalized spacial score (nSPS) is 29.9. The number of nitrogens with zero attached hydrogens (tertiary/aromatic N) is 1. The van der Waals surface area contributed by atoms with Crippen LogP contribution in [-0.2, 0) is 4.79 Å². The summed E-state index contributed by atoms with van der Waals surface area (Å²) in [5.41, 5.74) is 6.01. The van der Waals surface area contributed by atoms with Crippen LogP contribution in [0.25, 0.3) is 0 Å². The van der Waals surface area contributed by atoms with Crippen LogP contribution in [0.15, 0.2) is 0 Å². The highest BCUT2D eigenvalue weighted by atomic mass is 32.2. The maximum absolute atomic E-state index is 12.2. The van der Waals surface area contributed by atoms with Gasteiger partial charge in [-0.1, -0.05) is 27.2 Å². The van der Waals surface area contributed by atoms with Gasteiger partial charge in [-0.2, -0.15) is 11.8 Å². The van der Waals surface area contributed by atoms with Crippen LogP contribution >= 0.6 is 11.8 Å². The van der Waals surface area contributed by atoms with Crippen LogP contribution in [0.4, 0.5) is 0 Å². The summed E-state index contributed by atoms with van der Waals surface area (Å²) >= 11 is 1.94. The standard InChI is InChI=1S/C12H24N2OS/c1-5-8(2)11(13)12(15)14-6-7-16-10(4)9(14)3/h8-11H,5-7,13H2,1-4H3. The number of rotatable bonds is 3. The molecule has 1 heterocycles. The number of hydrogen-bond acceptors (Lipinski definition) is 3. The number of amides is 1. The first-order chi connectivity index (χ1) is 7.49. The van der Waals surface area contributed by atoms with E-state index in [4.69, 9.17) is 5.73 Å². The molecule has 0 bridgehead atoms. The smallest absolute Gasteiger partial charge is 0.240 e. The van der Waals surface area contributed by atoms with E-state index in [0.29, 0.717) is 11.3 Å². The van der Waals surface area contributed by atoms with Crippen molar-refractivity contribution in [1.29, 1.82) is 0 Å². The van der Waals surface area contributed by atoms with Gasteiger partial charge >= 0.3 is 0 Å². The van der Waals surface area contributed by atoms with E-state index in [9.17, 15) is 4.79 Å².